The van der Waals surface area contributed by atoms with E-state index in [0.29, 0.717) is 0 Å². The van der Waals surface area contributed by atoms with Crippen LogP contribution in [0.1, 0.15) is 5.82 Å². The zero-order chi connectivity index (χ0) is 7.97. The van der Waals surface area contributed by atoms with Crippen LogP contribution in [0, 0.1) is 0 Å². The summed E-state index contributed by atoms with van der Waals surface area (Å²) in [5.41, 5.74) is 2.15. The fourth-order valence-electron chi connectivity index (χ4n) is 1.58. The summed E-state index contributed by atoms with van der Waals surface area (Å²) >= 11 is 0. The zero-order valence-electron chi connectivity index (χ0n) is 6.44. The number of hydrogen-bond donors (Lipinski definition) is 0. The first-order valence-electron chi connectivity index (χ1n) is 3.92. The summed E-state index contributed by atoms with van der Waals surface area (Å²) in [7, 11) is 0. The number of allylic oxidation sites excluding steroid dienone is 1. The van der Waals surface area contributed by atoms with Gasteiger partial charge in [-0.2, -0.15) is 0 Å². The van der Waals surface area contributed by atoms with Crippen LogP contribution in [-0.4, -0.2) is 14.5 Å². The van der Waals surface area contributed by atoms with Crippen LogP contribution in [0.2, 0.25) is 0 Å². The summed E-state index contributed by atoms with van der Waals surface area (Å²) in [6.07, 6.45) is 7.77. The van der Waals surface area contributed by atoms with E-state index in [-0.39, 0.29) is 0 Å². The number of fused-ring (bicyclic) bond motifs is 3. The van der Waals surface area contributed by atoms with Crippen molar-refractivity contribution in [1.82, 2.24) is 14.5 Å². The van der Waals surface area contributed by atoms with Gasteiger partial charge in [0, 0.05) is 12.7 Å². The number of nitrogens with zero attached hydrogens (tertiary/aromatic N) is 3. The van der Waals surface area contributed by atoms with Crippen LogP contribution in [-0.2, 0) is 6.54 Å². The van der Waals surface area contributed by atoms with Gasteiger partial charge in [-0.25, -0.2) is 4.98 Å². The van der Waals surface area contributed by atoms with Crippen molar-refractivity contribution in [2.45, 2.75) is 6.54 Å². The van der Waals surface area contributed by atoms with Gasteiger partial charge < -0.3 is 4.57 Å². The van der Waals surface area contributed by atoms with Crippen LogP contribution < -0.4 is 0 Å². The second-order valence-electron chi connectivity index (χ2n) is 2.84. The Morgan fingerprint density at radius 2 is 2.33 bits per heavy atom. The van der Waals surface area contributed by atoms with Crippen molar-refractivity contribution in [2.24, 2.45) is 0 Å². The fraction of sp³-hybridized carbons (Fsp3) is 0.111. The molecule has 3 aliphatic rings. The number of hydrogen-bond acceptors (Lipinski definition) is 2. The van der Waals surface area contributed by atoms with Crippen molar-refractivity contribution in [3.05, 3.63) is 30.4 Å². The molecule has 0 bridgehead atoms. The smallest absolute Gasteiger partial charge is 0.133 e. The maximum atomic E-state index is 4.27. The topological polar surface area (TPSA) is 30.7 Å². The molecule has 0 amide bonds. The summed E-state index contributed by atoms with van der Waals surface area (Å²) in [6, 6.07) is 2.02. The molecule has 0 fully saturated rings. The minimum atomic E-state index is 0.922. The maximum absolute atomic E-state index is 4.27. The van der Waals surface area contributed by atoms with Crippen molar-refractivity contribution in [3.8, 4) is 11.4 Å². The predicted octanol–water partition coefficient (Wildman–Crippen LogP) is 1.41. The van der Waals surface area contributed by atoms with E-state index >= 15 is 0 Å². The molecule has 0 saturated carbocycles. The summed E-state index contributed by atoms with van der Waals surface area (Å²) < 4.78 is 2.16. The Bertz CT molecular complexity index is 428. The lowest BCUT2D eigenvalue weighted by molar-refractivity contribution is 0.808. The van der Waals surface area contributed by atoms with Gasteiger partial charge in [-0.15, -0.1) is 0 Å². The molecule has 3 rings (SSSR count). The minimum absolute atomic E-state index is 0.922. The Kier molecular flexibility index (Phi) is 0.961. The third-order valence-electron chi connectivity index (χ3n) is 2.15. The van der Waals surface area contributed by atoms with E-state index in [0.717, 1.165) is 18.1 Å². The Hall–Kier alpha value is -1.64. The molecule has 0 saturated heterocycles. The molecule has 0 aromatic heterocycles. The van der Waals surface area contributed by atoms with Crippen LogP contribution in [0.25, 0.3) is 17.5 Å². The minimum Gasteiger partial charge on any atom is -0.321 e. The van der Waals surface area contributed by atoms with Crippen LogP contribution in [0.5, 0.6) is 0 Å². The van der Waals surface area contributed by atoms with Crippen molar-refractivity contribution < 1.29 is 0 Å². The highest BCUT2D eigenvalue weighted by Gasteiger charge is 2.13. The molecule has 0 unspecified atom stereocenters. The van der Waals surface area contributed by atoms with Gasteiger partial charge >= 0.3 is 0 Å². The summed E-state index contributed by atoms with van der Waals surface area (Å²) in [4.78, 5) is 8.46. The van der Waals surface area contributed by atoms with Crippen LogP contribution >= 0.6 is 0 Å². The summed E-state index contributed by atoms with van der Waals surface area (Å²) in [6.45, 7) is 0.922. The van der Waals surface area contributed by atoms with Gasteiger partial charge in [0.05, 0.1) is 11.9 Å². The molecule has 12 heavy (non-hydrogen) atoms. The Balaban J connectivity index is 2.41. The fourth-order valence-corrected chi connectivity index (χ4v) is 1.58. The monoisotopic (exact) mass is 157 g/mol. The predicted molar refractivity (Wildman–Crippen MR) is 45.7 cm³/mol. The van der Waals surface area contributed by atoms with Crippen LogP contribution in [0.4, 0.5) is 0 Å². The van der Waals surface area contributed by atoms with E-state index < -0.39 is 0 Å². The molecular formula is C9H7N3. The molecule has 58 valence electrons. The lowest BCUT2D eigenvalue weighted by Gasteiger charge is -2.07. The van der Waals surface area contributed by atoms with Gasteiger partial charge in [0.25, 0.3) is 0 Å². The molecule has 0 atom stereocenters. The molecule has 3 nitrogen and oxygen atoms in total. The Morgan fingerprint density at radius 3 is 3.33 bits per heavy atom. The lowest BCUT2D eigenvalue weighted by Crippen LogP contribution is -2.03. The molecule has 3 aliphatic heterocycles. The third-order valence-corrected chi connectivity index (χ3v) is 2.15. The Labute approximate surface area is 69.7 Å². The maximum Gasteiger partial charge on any atom is 0.133 e. The molecule has 3 heterocycles. The average Bonchev–Trinajstić information content (AvgIpc) is 2.71. The first-order chi connectivity index (χ1) is 5.95. The molecule has 0 aromatic rings. The van der Waals surface area contributed by atoms with Crippen molar-refractivity contribution in [1.29, 1.82) is 0 Å². The first-order valence-corrected chi connectivity index (χ1v) is 3.92. The van der Waals surface area contributed by atoms with Crippen LogP contribution in [0.3, 0.4) is 0 Å². The van der Waals surface area contributed by atoms with Crippen molar-refractivity contribution in [2.75, 3.05) is 0 Å². The molecule has 0 N–H and O–H groups in total. The molecule has 0 aromatic carbocycles. The van der Waals surface area contributed by atoms with Crippen molar-refractivity contribution in [3.63, 3.8) is 0 Å². The largest absolute Gasteiger partial charge is 0.321 e. The highest BCUT2D eigenvalue weighted by Crippen LogP contribution is 2.23. The molecular weight excluding hydrogens is 150 g/mol. The molecule has 3 heteroatoms. The lowest BCUT2D eigenvalue weighted by atomic mass is 10.3. The molecule has 0 aliphatic carbocycles. The van der Waals surface area contributed by atoms with Gasteiger partial charge in [-0.05, 0) is 12.1 Å². The summed E-state index contributed by atoms with van der Waals surface area (Å²) in [5.74, 6) is 1.02. The van der Waals surface area contributed by atoms with E-state index in [1.165, 1.54) is 5.69 Å². The van der Waals surface area contributed by atoms with E-state index in [4.69, 9.17) is 0 Å². The highest BCUT2D eigenvalue weighted by atomic mass is 15.1. The first kappa shape index (κ1) is 5.94. The van der Waals surface area contributed by atoms with Gasteiger partial charge in [0.15, 0.2) is 0 Å². The second-order valence-corrected chi connectivity index (χ2v) is 2.84. The van der Waals surface area contributed by atoms with Crippen LogP contribution in [0.15, 0.2) is 24.5 Å². The third kappa shape index (κ3) is 0.605. The highest BCUT2D eigenvalue weighted by molar-refractivity contribution is 5.60. The number of rotatable bonds is 0. The number of aromatic nitrogens is 3. The van der Waals surface area contributed by atoms with E-state index in [2.05, 4.69) is 20.6 Å². The van der Waals surface area contributed by atoms with Gasteiger partial charge in [-0.3, -0.25) is 4.98 Å². The molecule has 0 radical (unpaired) electrons. The van der Waals surface area contributed by atoms with E-state index in [1.54, 1.807) is 0 Å². The normalized spacial score (nSPS) is 14.0. The van der Waals surface area contributed by atoms with Gasteiger partial charge in [0.2, 0.25) is 0 Å². The second kappa shape index (κ2) is 1.94. The quantitative estimate of drug-likeness (QED) is 0.578. The zero-order valence-corrected chi connectivity index (χ0v) is 6.44. The van der Waals surface area contributed by atoms with Gasteiger partial charge in [0.1, 0.15) is 11.5 Å². The standard InChI is InChI=1S/C9H7N3/c1-2-9-11-6-7-8(3-4-10-7)12(9)5-1/h1-4,6H,5H2. The average molecular weight is 157 g/mol. The SMILES string of the molecule is C1=Cc2ncc3nccc-3n2C1. The summed E-state index contributed by atoms with van der Waals surface area (Å²) in [5, 5.41) is 0. The van der Waals surface area contributed by atoms with Gasteiger partial charge in [-0.1, -0.05) is 6.08 Å². The van der Waals surface area contributed by atoms with E-state index in [1.807, 2.05) is 24.5 Å². The Morgan fingerprint density at radius 1 is 1.33 bits per heavy atom. The molecule has 0 spiro atoms. The van der Waals surface area contributed by atoms with Crippen molar-refractivity contribution >= 4 is 6.08 Å². The van der Waals surface area contributed by atoms with E-state index in [9.17, 15) is 0 Å².